The molecular weight excluding hydrogens is 324 g/mol. The number of quaternary nitrogens is 2. The van der Waals surface area contributed by atoms with Crippen LogP contribution in [0.15, 0.2) is 0 Å². The Bertz CT molecular complexity index is 540. The normalized spacial score (nSPS) is 26.8. The van der Waals surface area contributed by atoms with Gasteiger partial charge in [0.2, 0.25) is 5.82 Å². The Labute approximate surface area is 159 Å². The van der Waals surface area contributed by atoms with Gasteiger partial charge in [0, 0.05) is 6.42 Å². The third-order valence-electron chi connectivity index (χ3n) is 7.03. The van der Waals surface area contributed by atoms with Crippen molar-refractivity contribution in [3.8, 4) is 0 Å². The number of piperazine rings is 1. The summed E-state index contributed by atoms with van der Waals surface area (Å²) in [4.78, 5) is 3.58. The van der Waals surface area contributed by atoms with Gasteiger partial charge < -0.3 is 9.80 Å². The molecule has 0 spiro atoms. The molecule has 0 bridgehead atoms. The van der Waals surface area contributed by atoms with Crippen LogP contribution in [0.4, 0.5) is 0 Å². The first kappa shape index (κ1) is 19.7. The fourth-order valence-corrected chi connectivity index (χ4v) is 4.96. The molecule has 2 heterocycles. The van der Waals surface area contributed by atoms with E-state index in [4.69, 9.17) is 0 Å². The summed E-state index contributed by atoms with van der Waals surface area (Å²) in [7, 11) is 0. The van der Waals surface area contributed by atoms with E-state index < -0.39 is 0 Å². The van der Waals surface area contributed by atoms with Crippen LogP contribution in [0.2, 0.25) is 0 Å². The number of aromatic nitrogens is 4. The van der Waals surface area contributed by atoms with Crippen LogP contribution in [0.5, 0.6) is 0 Å². The number of nitrogens with one attached hydrogen (secondary N) is 2. The lowest BCUT2D eigenvalue weighted by atomic mass is 9.93. The summed E-state index contributed by atoms with van der Waals surface area (Å²) in [5.74, 6) is 1.11. The highest BCUT2D eigenvalue weighted by atomic mass is 15.6. The van der Waals surface area contributed by atoms with E-state index in [1.165, 1.54) is 71.1 Å². The molecule has 0 radical (unpaired) electrons. The van der Waals surface area contributed by atoms with Gasteiger partial charge in [0.25, 0.3) is 0 Å². The maximum absolute atomic E-state index is 4.51. The Kier molecular flexibility index (Phi) is 6.67. The van der Waals surface area contributed by atoms with Crippen LogP contribution in [0.25, 0.3) is 0 Å². The lowest BCUT2D eigenvalue weighted by Gasteiger charge is -2.39. The zero-order chi connectivity index (χ0) is 18.6. The lowest BCUT2D eigenvalue weighted by Crippen LogP contribution is -3.29. The van der Waals surface area contributed by atoms with Crippen molar-refractivity contribution in [1.82, 2.24) is 20.2 Å². The minimum Gasteiger partial charge on any atom is -0.323 e. The third kappa shape index (κ3) is 4.28. The van der Waals surface area contributed by atoms with Crippen molar-refractivity contribution in [3.63, 3.8) is 0 Å². The van der Waals surface area contributed by atoms with Crippen molar-refractivity contribution in [1.29, 1.82) is 0 Å². The number of rotatable bonds is 7. The van der Waals surface area contributed by atoms with Gasteiger partial charge in [-0.3, -0.25) is 0 Å². The average Bonchev–Trinajstić information content (AvgIpc) is 3.17. The lowest BCUT2D eigenvalue weighted by molar-refractivity contribution is -1.04. The minimum atomic E-state index is -0.0145. The third-order valence-corrected chi connectivity index (χ3v) is 7.03. The number of hydrogen-bond donors (Lipinski definition) is 2. The Hall–Kier alpha value is -1.01. The zero-order valence-electron chi connectivity index (χ0n) is 17.4. The van der Waals surface area contributed by atoms with Gasteiger partial charge in [0.1, 0.15) is 32.2 Å². The van der Waals surface area contributed by atoms with Crippen molar-refractivity contribution in [2.45, 2.75) is 96.7 Å². The molecule has 6 nitrogen and oxygen atoms in total. The molecule has 1 saturated heterocycles. The molecule has 1 saturated carbocycles. The van der Waals surface area contributed by atoms with E-state index in [-0.39, 0.29) is 5.54 Å². The molecule has 3 rings (SSSR count). The second kappa shape index (κ2) is 8.79. The van der Waals surface area contributed by atoms with Gasteiger partial charge in [-0.1, -0.05) is 26.7 Å². The van der Waals surface area contributed by atoms with E-state index in [0.717, 1.165) is 18.3 Å². The minimum absolute atomic E-state index is 0.0145. The van der Waals surface area contributed by atoms with Crippen LogP contribution < -0.4 is 9.80 Å². The highest BCUT2D eigenvalue weighted by molar-refractivity contribution is 4.93. The Balaban J connectivity index is 1.69. The summed E-state index contributed by atoms with van der Waals surface area (Å²) in [5, 5.41) is 13.0. The summed E-state index contributed by atoms with van der Waals surface area (Å²) < 4.78 is 2.11. The van der Waals surface area contributed by atoms with Gasteiger partial charge in [0.15, 0.2) is 0 Å². The van der Waals surface area contributed by atoms with Crippen molar-refractivity contribution in [3.05, 3.63) is 5.82 Å². The molecule has 1 aliphatic carbocycles. The maximum atomic E-state index is 4.51. The average molecular weight is 365 g/mol. The van der Waals surface area contributed by atoms with Gasteiger partial charge in [0.05, 0.1) is 11.6 Å². The van der Waals surface area contributed by atoms with Crippen LogP contribution in [-0.2, 0) is 5.54 Å². The van der Waals surface area contributed by atoms with Crippen molar-refractivity contribution >= 4 is 0 Å². The second-order valence-corrected chi connectivity index (χ2v) is 9.11. The summed E-state index contributed by atoms with van der Waals surface area (Å²) in [6.07, 6.45) is 10.7. The van der Waals surface area contributed by atoms with E-state index in [1.807, 2.05) is 4.90 Å². The number of tetrazole rings is 1. The topological polar surface area (TPSA) is 52.5 Å². The summed E-state index contributed by atoms with van der Waals surface area (Å²) in [6, 6.07) is 1.37. The summed E-state index contributed by atoms with van der Waals surface area (Å²) in [6.45, 7) is 14.2. The van der Waals surface area contributed by atoms with Crippen LogP contribution in [-0.4, -0.2) is 52.4 Å². The van der Waals surface area contributed by atoms with Gasteiger partial charge in [-0.2, -0.15) is 0 Å². The first-order valence-electron chi connectivity index (χ1n) is 11.0. The van der Waals surface area contributed by atoms with Crippen LogP contribution in [0, 0.1) is 0 Å². The van der Waals surface area contributed by atoms with Gasteiger partial charge in [-0.05, 0) is 56.4 Å². The standard InChI is InChI=1S/C20H38N6/c1-5-10-18(19-21-22-23-26(19)20(3,4)6-2)25-15-13-24(14-16-25)17-11-8-7-9-12-17/h17-18H,5-16H2,1-4H3/p+2/t18-/m1/s1. The molecule has 0 aromatic carbocycles. The predicted octanol–water partition coefficient (Wildman–Crippen LogP) is 0.776. The van der Waals surface area contributed by atoms with E-state index in [9.17, 15) is 0 Å². The first-order chi connectivity index (χ1) is 12.6. The van der Waals surface area contributed by atoms with E-state index in [1.54, 1.807) is 4.90 Å². The molecule has 1 atom stereocenters. The van der Waals surface area contributed by atoms with Crippen molar-refractivity contribution in [2.75, 3.05) is 26.2 Å². The van der Waals surface area contributed by atoms with Gasteiger partial charge in [-0.15, -0.1) is 5.10 Å². The molecule has 26 heavy (non-hydrogen) atoms. The molecule has 0 unspecified atom stereocenters. The zero-order valence-corrected chi connectivity index (χ0v) is 17.4. The Morgan fingerprint density at radius 2 is 1.77 bits per heavy atom. The molecule has 2 N–H and O–H groups in total. The molecule has 2 fully saturated rings. The molecule has 6 heteroatoms. The smallest absolute Gasteiger partial charge is 0.209 e. The van der Waals surface area contributed by atoms with Crippen LogP contribution >= 0.6 is 0 Å². The van der Waals surface area contributed by atoms with Crippen LogP contribution in [0.3, 0.4) is 0 Å². The van der Waals surface area contributed by atoms with Gasteiger partial charge in [-0.25, -0.2) is 4.68 Å². The largest absolute Gasteiger partial charge is 0.323 e. The van der Waals surface area contributed by atoms with E-state index in [2.05, 4.69) is 47.9 Å². The van der Waals surface area contributed by atoms with E-state index in [0.29, 0.717) is 6.04 Å². The highest BCUT2D eigenvalue weighted by Gasteiger charge is 2.37. The molecule has 2 aliphatic rings. The fourth-order valence-electron chi connectivity index (χ4n) is 4.96. The number of hydrogen-bond acceptors (Lipinski definition) is 3. The maximum Gasteiger partial charge on any atom is 0.209 e. The van der Waals surface area contributed by atoms with Crippen molar-refractivity contribution in [2.24, 2.45) is 0 Å². The molecule has 1 aromatic rings. The fraction of sp³-hybridized carbons (Fsp3) is 0.950. The molecule has 0 amide bonds. The Morgan fingerprint density at radius 1 is 1.08 bits per heavy atom. The first-order valence-corrected chi connectivity index (χ1v) is 11.0. The summed E-state index contributed by atoms with van der Waals surface area (Å²) >= 11 is 0. The van der Waals surface area contributed by atoms with Crippen LogP contribution in [0.1, 0.15) is 90.9 Å². The molecule has 148 valence electrons. The quantitative estimate of drug-likeness (QED) is 0.752. The van der Waals surface area contributed by atoms with Crippen molar-refractivity contribution < 1.29 is 9.80 Å². The summed E-state index contributed by atoms with van der Waals surface area (Å²) in [5.41, 5.74) is -0.0145. The molecule has 1 aliphatic heterocycles. The Morgan fingerprint density at radius 3 is 2.38 bits per heavy atom. The monoisotopic (exact) mass is 364 g/mol. The number of nitrogens with zero attached hydrogens (tertiary/aromatic N) is 4. The molecular formula is C20H40N6+2. The highest BCUT2D eigenvalue weighted by Crippen LogP contribution is 2.23. The SMILES string of the molecule is CCC[C@H](c1nnnn1C(C)(C)CC)[NH+]1CC[NH+](C2CCCCC2)CC1. The van der Waals surface area contributed by atoms with E-state index >= 15 is 0 Å². The predicted molar refractivity (Wildman–Crippen MR) is 103 cm³/mol. The second-order valence-electron chi connectivity index (χ2n) is 9.11. The molecule has 1 aromatic heterocycles. The van der Waals surface area contributed by atoms with Gasteiger partial charge >= 0.3 is 0 Å².